The molecule has 2 aromatic rings. The summed E-state index contributed by atoms with van der Waals surface area (Å²) < 4.78 is 0. The summed E-state index contributed by atoms with van der Waals surface area (Å²) in [5.41, 5.74) is 12.5. The zero-order valence-corrected chi connectivity index (χ0v) is 12.7. The van der Waals surface area contributed by atoms with Gasteiger partial charge in [0.2, 0.25) is 5.91 Å². The van der Waals surface area contributed by atoms with E-state index in [4.69, 9.17) is 11.5 Å². The average molecular weight is 309 g/mol. The van der Waals surface area contributed by atoms with Gasteiger partial charge in [-0.1, -0.05) is 11.8 Å². The molecule has 20 heavy (non-hydrogen) atoms. The lowest BCUT2D eigenvalue weighted by Crippen LogP contribution is -2.25. The fourth-order valence-corrected chi connectivity index (χ4v) is 4.29. The van der Waals surface area contributed by atoms with Crippen LogP contribution in [0.2, 0.25) is 0 Å². The fourth-order valence-electron chi connectivity index (χ4n) is 2.33. The van der Waals surface area contributed by atoms with E-state index in [0.717, 1.165) is 29.7 Å². The number of nitrogen functional groups attached to an aromatic ring is 1. The Morgan fingerprint density at radius 2 is 2.30 bits per heavy atom. The molecule has 4 N–H and O–H groups in total. The molecule has 0 atom stereocenters. The molecule has 0 bridgehead atoms. The van der Waals surface area contributed by atoms with Crippen molar-refractivity contribution in [2.24, 2.45) is 5.73 Å². The van der Waals surface area contributed by atoms with Crippen LogP contribution in [-0.2, 0) is 17.8 Å². The molecular formula is C12H15N5OS2. The van der Waals surface area contributed by atoms with Gasteiger partial charge in [0.15, 0.2) is 5.16 Å². The Morgan fingerprint density at radius 3 is 3.05 bits per heavy atom. The summed E-state index contributed by atoms with van der Waals surface area (Å²) in [4.78, 5) is 24.1. The van der Waals surface area contributed by atoms with E-state index in [1.807, 2.05) is 0 Å². The lowest BCUT2D eigenvalue weighted by molar-refractivity contribution is -0.115. The summed E-state index contributed by atoms with van der Waals surface area (Å²) in [6.07, 6.45) is 0.979. The van der Waals surface area contributed by atoms with Crippen molar-refractivity contribution in [1.82, 2.24) is 14.9 Å². The molecule has 0 saturated carbocycles. The third-order valence-corrected chi connectivity index (χ3v) is 5.22. The summed E-state index contributed by atoms with van der Waals surface area (Å²) in [5, 5.41) is 1.50. The Kier molecular flexibility index (Phi) is 3.53. The number of carbonyl (C=O) groups excluding carboxylic acids is 1. The van der Waals surface area contributed by atoms with Crippen molar-refractivity contribution in [2.45, 2.75) is 18.1 Å². The van der Waals surface area contributed by atoms with Crippen LogP contribution < -0.4 is 11.5 Å². The molecule has 3 heterocycles. The monoisotopic (exact) mass is 309 g/mol. The fraction of sp³-hybridized carbons (Fsp3) is 0.417. The summed E-state index contributed by atoms with van der Waals surface area (Å²) in [7, 11) is 2.11. The molecule has 1 amide bonds. The molecule has 3 rings (SSSR count). The molecule has 106 valence electrons. The molecule has 1 aliphatic heterocycles. The Balaban J connectivity index is 2.02. The van der Waals surface area contributed by atoms with Crippen LogP contribution in [0.1, 0.15) is 10.4 Å². The summed E-state index contributed by atoms with van der Waals surface area (Å²) in [6, 6.07) is 0. The minimum atomic E-state index is -0.385. The first-order valence-electron chi connectivity index (χ1n) is 6.22. The van der Waals surface area contributed by atoms with Gasteiger partial charge in [0.1, 0.15) is 10.6 Å². The number of hydrogen-bond acceptors (Lipinski definition) is 7. The van der Waals surface area contributed by atoms with E-state index in [9.17, 15) is 4.79 Å². The van der Waals surface area contributed by atoms with Crippen molar-refractivity contribution >= 4 is 45.0 Å². The quantitative estimate of drug-likeness (QED) is 0.644. The van der Waals surface area contributed by atoms with E-state index < -0.39 is 0 Å². The van der Waals surface area contributed by atoms with Crippen molar-refractivity contribution in [2.75, 3.05) is 25.1 Å². The maximum Gasteiger partial charge on any atom is 0.227 e. The highest BCUT2D eigenvalue weighted by atomic mass is 32.2. The standard InChI is InChI=1S/C12H15N5OS2/c1-17-3-2-6-7(4-17)20-11-9(6)10(14)15-12(16-11)19-5-8(13)18/h2-5H2,1H3,(H2,13,18)(H2,14,15,16). The van der Waals surface area contributed by atoms with Crippen LogP contribution in [0.25, 0.3) is 10.2 Å². The number of nitrogens with zero attached hydrogens (tertiary/aromatic N) is 3. The van der Waals surface area contributed by atoms with Crippen molar-refractivity contribution in [3.63, 3.8) is 0 Å². The van der Waals surface area contributed by atoms with Crippen LogP contribution in [0.5, 0.6) is 0 Å². The highest BCUT2D eigenvalue weighted by Crippen LogP contribution is 2.37. The first kappa shape index (κ1) is 13.6. The Bertz CT molecular complexity index is 684. The predicted octanol–water partition coefficient (Wildman–Crippen LogP) is 0.839. The predicted molar refractivity (Wildman–Crippen MR) is 81.8 cm³/mol. The number of amides is 1. The molecule has 0 spiro atoms. The maximum absolute atomic E-state index is 10.8. The third kappa shape index (κ3) is 2.46. The first-order valence-corrected chi connectivity index (χ1v) is 8.02. The lowest BCUT2D eigenvalue weighted by Gasteiger charge is -2.21. The number of rotatable bonds is 3. The Hall–Kier alpha value is -1.38. The van der Waals surface area contributed by atoms with Crippen LogP contribution in [0.3, 0.4) is 0 Å². The van der Waals surface area contributed by atoms with Gasteiger partial charge < -0.3 is 16.4 Å². The number of fused-ring (bicyclic) bond motifs is 3. The molecule has 8 heteroatoms. The van der Waals surface area contributed by atoms with Crippen molar-refractivity contribution in [3.05, 3.63) is 10.4 Å². The normalized spacial score (nSPS) is 15.4. The van der Waals surface area contributed by atoms with Crippen molar-refractivity contribution in [3.8, 4) is 0 Å². The van der Waals surface area contributed by atoms with Gasteiger partial charge >= 0.3 is 0 Å². The number of hydrogen-bond donors (Lipinski definition) is 2. The minimum absolute atomic E-state index is 0.165. The van der Waals surface area contributed by atoms with Crippen LogP contribution in [-0.4, -0.2) is 40.1 Å². The second kappa shape index (κ2) is 5.19. The minimum Gasteiger partial charge on any atom is -0.383 e. The highest BCUT2D eigenvalue weighted by molar-refractivity contribution is 7.99. The van der Waals surface area contributed by atoms with E-state index in [0.29, 0.717) is 11.0 Å². The second-order valence-electron chi connectivity index (χ2n) is 4.82. The molecule has 0 radical (unpaired) electrons. The SMILES string of the molecule is CN1CCc2c(sc3nc(SCC(N)=O)nc(N)c23)C1. The van der Waals surface area contributed by atoms with E-state index in [2.05, 4.69) is 21.9 Å². The highest BCUT2D eigenvalue weighted by Gasteiger charge is 2.22. The summed E-state index contributed by atoms with van der Waals surface area (Å²) >= 11 is 2.89. The number of aromatic nitrogens is 2. The zero-order chi connectivity index (χ0) is 14.3. The summed E-state index contributed by atoms with van der Waals surface area (Å²) in [6.45, 7) is 1.95. The van der Waals surface area contributed by atoms with E-state index in [1.165, 1.54) is 22.2 Å². The number of thiophene rings is 1. The van der Waals surface area contributed by atoms with Gasteiger partial charge in [-0.2, -0.15) is 0 Å². The molecule has 1 aliphatic rings. The number of thioether (sulfide) groups is 1. The molecule has 2 aromatic heterocycles. The van der Waals surface area contributed by atoms with Gasteiger partial charge in [0, 0.05) is 18.0 Å². The third-order valence-electron chi connectivity index (χ3n) is 3.24. The van der Waals surface area contributed by atoms with Gasteiger partial charge in [0.25, 0.3) is 0 Å². The largest absolute Gasteiger partial charge is 0.383 e. The van der Waals surface area contributed by atoms with E-state index in [1.54, 1.807) is 11.3 Å². The Morgan fingerprint density at radius 1 is 1.50 bits per heavy atom. The molecule has 6 nitrogen and oxygen atoms in total. The van der Waals surface area contributed by atoms with Crippen LogP contribution >= 0.6 is 23.1 Å². The molecule has 0 aliphatic carbocycles. The van der Waals surface area contributed by atoms with Gasteiger partial charge in [-0.25, -0.2) is 9.97 Å². The molecule has 0 aromatic carbocycles. The number of carbonyl (C=O) groups is 1. The van der Waals surface area contributed by atoms with Gasteiger partial charge in [-0.3, -0.25) is 4.79 Å². The van der Waals surface area contributed by atoms with Gasteiger partial charge in [0.05, 0.1) is 11.1 Å². The maximum atomic E-state index is 10.8. The smallest absolute Gasteiger partial charge is 0.227 e. The molecule has 0 fully saturated rings. The van der Waals surface area contributed by atoms with Crippen LogP contribution in [0.15, 0.2) is 5.16 Å². The van der Waals surface area contributed by atoms with Crippen LogP contribution in [0.4, 0.5) is 5.82 Å². The van der Waals surface area contributed by atoms with Crippen molar-refractivity contribution < 1.29 is 4.79 Å². The van der Waals surface area contributed by atoms with E-state index in [-0.39, 0.29) is 11.7 Å². The van der Waals surface area contributed by atoms with Crippen molar-refractivity contribution in [1.29, 1.82) is 0 Å². The lowest BCUT2D eigenvalue weighted by atomic mass is 10.1. The van der Waals surface area contributed by atoms with Gasteiger partial charge in [-0.05, 0) is 19.0 Å². The average Bonchev–Trinajstić information content (AvgIpc) is 2.73. The Labute approximate surface area is 124 Å². The molecular weight excluding hydrogens is 294 g/mol. The number of likely N-dealkylation sites (N-methyl/N-ethyl adjacent to an activating group) is 1. The zero-order valence-electron chi connectivity index (χ0n) is 11.0. The summed E-state index contributed by atoms with van der Waals surface area (Å²) in [5.74, 6) is 0.284. The molecule has 0 saturated heterocycles. The molecule has 0 unspecified atom stereocenters. The topological polar surface area (TPSA) is 98.1 Å². The van der Waals surface area contributed by atoms with Gasteiger partial charge in [-0.15, -0.1) is 11.3 Å². The number of primary amides is 1. The van der Waals surface area contributed by atoms with Crippen LogP contribution in [0, 0.1) is 0 Å². The number of nitrogens with two attached hydrogens (primary N) is 2. The van der Waals surface area contributed by atoms with E-state index >= 15 is 0 Å². The second-order valence-corrected chi connectivity index (χ2v) is 6.84. The first-order chi connectivity index (χ1) is 9.54. The number of anilines is 1.